The maximum atomic E-state index is 14.3. The summed E-state index contributed by atoms with van der Waals surface area (Å²) in [5.41, 5.74) is -1.88. The number of carboxylic acids is 1. The van der Waals surface area contributed by atoms with Crippen molar-refractivity contribution in [3.63, 3.8) is 0 Å². The van der Waals surface area contributed by atoms with E-state index in [2.05, 4.69) is 5.10 Å². The lowest BCUT2D eigenvalue weighted by Gasteiger charge is -2.17. The summed E-state index contributed by atoms with van der Waals surface area (Å²) >= 11 is 0. The average Bonchev–Trinajstić information content (AvgIpc) is 3.10. The monoisotopic (exact) mass is 484 g/mol. The van der Waals surface area contributed by atoms with Crippen molar-refractivity contribution < 1.29 is 35.9 Å². The number of hydrogen-bond acceptors (Lipinski definition) is 4. The third-order valence-corrected chi connectivity index (χ3v) is 6.29. The van der Waals surface area contributed by atoms with E-state index in [0.717, 1.165) is 12.3 Å². The summed E-state index contributed by atoms with van der Waals surface area (Å²) in [4.78, 5) is 11.6. The Kier molecular flexibility index (Phi) is 6.38. The molecule has 0 aliphatic carbocycles. The Hall–Kier alpha value is -3.21. The predicted octanol–water partition coefficient (Wildman–Crippen LogP) is 5.12. The van der Waals surface area contributed by atoms with Gasteiger partial charge in [0, 0.05) is 17.4 Å². The molecule has 0 radical (unpaired) electrons. The van der Waals surface area contributed by atoms with Crippen LogP contribution >= 0.6 is 0 Å². The van der Waals surface area contributed by atoms with Crippen LogP contribution < -0.4 is 0 Å². The molecule has 1 aromatic heterocycles. The largest absolute Gasteiger partial charge is 0.480 e. The van der Waals surface area contributed by atoms with Crippen LogP contribution in [-0.4, -0.2) is 35.5 Å². The van der Waals surface area contributed by atoms with E-state index >= 15 is 0 Å². The van der Waals surface area contributed by atoms with E-state index in [9.17, 15) is 35.9 Å². The van der Waals surface area contributed by atoms with Gasteiger partial charge in [-0.05, 0) is 42.7 Å². The summed E-state index contributed by atoms with van der Waals surface area (Å²) in [7, 11) is -3.56. The van der Waals surface area contributed by atoms with Crippen molar-refractivity contribution in [3.8, 4) is 22.4 Å². The number of rotatable bonds is 6. The second-order valence-corrected chi connectivity index (χ2v) is 9.55. The second-order valence-electron chi connectivity index (χ2n) is 7.54. The van der Waals surface area contributed by atoms with Crippen LogP contribution in [0.1, 0.15) is 30.6 Å². The molecule has 2 aromatic carbocycles. The van der Waals surface area contributed by atoms with Crippen molar-refractivity contribution in [2.45, 2.75) is 37.4 Å². The van der Waals surface area contributed by atoms with E-state index in [4.69, 9.17) is 0 Å². The number of hydrogen-bond donors (Lipinski definition) is 1. The van der Waals surface area contributed by atoms with Crippen LogP contribution in [0.5, 0.6) is 0 Å². The van der Waals surface area contributed by atoms with E-state index < -0.39 is 45.1 Å². The summed E-state index contributed by atoms with van der Waals surface area (Å²) in [5.74, 6) is -2.25. The van der Waals surface area contributed by atoms with Gasteiger partial charge < -0.3 is 5.11 Å². The maximum absolute atomic E-state index is 14.3. The Morgan fingerprint density at radius 2 is 1.70 bits per heavy atom. The van der Waals surface area contributed by atoms with Gasteiger partial charge in [-0.15, -0.1) is 0 Å². The molecule has 1 atom stereocenters. The summed E-state index contributed by atoms with van der Waals surface area (Å²) in [6.07, 6.45) is -4.22. The first kappa shape index (κ1) is 24.4. The van der Waals surface area contributed by atoms with Crippen molar-refractivity contribution in [2.24, 2.45) is 0 Å². The highest BCUT2D eigenvalue weighted by Gasteiger charge is 2.43. The predicted molar refractivity (Wildman–Crippen MR) is 113 cm³/mol. The van der Waals surface area contributed by atoms with Gasteiger partial charge in [0.05, 0.1) is 4.90 Å². The molecule has 0 saturated heterocycles. The van der Waals surface area contributed by atoms with E-state index in [1.54, 1.807) is 0 Å². The molecule has 11 heteroatoms. The molecular formula is C22H20F4N2O4S. The highest BCUT2D eigenvalue weighted by atomic mass is 32.2. The molecule has 1 unspecified atom stereocenters. The van der Waals surface area contributed by atoms with Crippen LogP contribution in [0.25, 0.3) is 22.4 Å². The van der Waals surface area contributed by atoms with Crippen LogP contribution in [-0.2, 0) is 20.8 Å². The van der Waals surface area contributed by atoms with Gasteiger partial charge in [0.15, 0.2) is 15.5 Å². The number of aromatic nitrogens is 2. The minimum absolute atomic E-state index is 0.0540. The van der Waals surface area contributed by atoms with Crippen LogP contribution in [0, 0.1) is 12.7 Å². The van der Waals surface area contributed by atoms with Gasteiger partial charge in [-0.25, -0.2) is 22.3 Å². The van der Waals surface area contributed by atoms with E-state index in [1.807, 2.05) is 0 Å². The number of nitrogens with zero attached hydrogens (tertiary/aromatic N) is 2. The van der Waals surface area contributed by atoms with Gasteiger partial charge in [0.1, 0.15) is 17.6 Å². The zero-order valence-corrected chi connectivity index (χ0v) is 18.6. The third-order valence-electron chi connectivity index (χ3n) is 5.16. The number of sulfone groups is 1. The molecule has 3 aromatic rings. The van der Waals surface area contributed by atoms with Gasteiger partial charge in [-0.1, -0.05) is 31.2 Å². The lowest BCUT2D eigenvalue weighted by Crippen LogP contribution is -2.25. The van der Waals surface area contributed by atoms with E-state index in [1.165, 1.54) is 50.2 Å². The van der Waals surface area contributed by atoms with Crippen molar-refractivity contribution in [1.82, 2.24) is 9.78 Å². The van der Waals surface area contributed by atoms with Gasteiger partial charge in [0.2, 0.25) is 0 Å². The summed E-state index contributed by atoms with van der Waals surface area (Å²) < 4.78 is 81.0. The molecule has 0 fully saturated rings. The highest BCUT2D eigenvalue weighted by Crippen LogP contribution is 2.44. The topological polar surface area (TPSA) is 89.3 Å². The third kappa shape index (κ3) is 4.77. The molecule has 0 bridgehead atoms. The molecule has 33 heavy (non-hydrogen) atoms. The summed E-state index contributed by atoms with van der Waals surface area (Å²) in [6, 6.07) is 6.90. The van der Waals surface area contributed by atoms with Crippen molar-refractivity contribution in [2.75, 3.05) is 6.26 Å². The average molecular weight is 484 g/mol. The van der Waals surface area contributed by atoms with Gasteiger partial charge in [-0.2, -0.15) is 18.3 Å². The number of alkyl halides is 3. The zero-order valence-electron chi connectivity index (χ0n) is 17.8. The normalized spacial score (nSPS) is 13.2. The SMILES string of the molecule is CCC(C(=O)O)n1nc(-c2ccc(S(C)(=O)=O)cc2)c(-c2ccc(C)c(F)c2)c1C(F)(F)F. The highest BCUT2D eigenvalue weighted by molar-refractivity contribution is 7.90. The van der Waals surface area contributed by atoms with Crippen LogP contribution in [0.15, 0.2) is 47.4 Å². The number of aryl methyl sites for hydroxylation is 1. The minimum atomic E-state index is -5.02. The van der Waals surface area contributed by atoms with E-state index in [-0.39, 0.29) is 33.7 Å². The van der Waals surface area contributed by atoms with Gasteiger partial charge >= 0.3 is 12.1 Å². The molecule has 1 N–H and O–H groups in total. The molecule has 0 amide bonds. The molecular weight excluding hydrogens is 464 g/mol. The standard InChI is InChI=1S/C22H20F4N2O4S/c1-4-17(21(29)30)28-20(22(24,25)26)18(14-6-5-12(2)16(23)11-14)19(27-28)13-7-9-15(10-8-13)33(3,31)32/h5-11,17H,4H2,1-3H3,(H,29,30). The number of benzene rings is 2. The Bertz CT molecular complexity index is 1310. The quantitative estimate of drug-likeness (QED) is 0.491. The maximum Gasteiger partial charge on any atom is 0.433 e. The number of halogens is 4. The Labute approximate surface area is 187 Å². The summed E-state index contributed by atoms with van der Waals surface area (Å²) in [5, 5.41) is 13.5. The van der Waals surface area contributed by atoms with Crippen LogP contribution in [0.2, 0.25) is 0 Å². The van der Waals surface area contributed by atoms with Crippen molar-refractivity contribution in [1.29, 1.82) is 0 Å². The first-order valence-corrected chi connectivity index (χ1v) is 11.6. The Morgan fingerprint density at radius 3 is 2.15 bits per heavy atom. The van der Waals surface area contributed by atoms with Gasteiger partial charge in [0.25, 0.3) is 0 Å². The molecule has 6 nitrogen and oxygen atoms in total. The minimum Gasteiger partial charge on any atom is -0.480 e. The van der Waals surface area contributed by atoms with Crippen LogP contribution in [0.4, 0.5) is 17.6 Å². The molecule has 1 heterocycles. The van der Waals surface area contributed by atoms with Crippen molar-refractivity contribution in [3.05, 3.63) is 59.5 Å². The molecule has 0 aliphatic rings. The number of carbonyl (C=O) groups is 1. The second kappa shape index (κ2) is 8.62. The fraction of sp³-hybridized carbons (Fsp3) is 0.273. The van der Waals surface area contributed by atoms with Crippen molar-refractivity contribution >= 4 is 15.8 Å². The number of aliphatic carboxylic acids is 1. The first-order chi connectivity index (χ1) is 15.3. The molecule has 176 valence electrons. The van der Waals surface area contributed by atoms with Gasteiger partial charge in [-0.3, -0.25) is 0 Å². The smallest absolute Gasteiger partial charge is 0.433 e. The molecule has 0 saturated carbocycles. The lowest BCUT2D eigenvalue weighted by atomic mass is 9.97. The molecule has 3 rings (SSSR count). The Morgan fingerprint density at radius 1 is 1.12 bits per heavy atom. The lowest BCUT2D eigenvalue weighted by molar-refractivity contribution is -0.149. The fourth-order valence-corrected chi connectivity index (χ4v) is 4.10. The first-order valence-electron chi connectivity index (χ1n) is 9.75. The van der Waals surface area contributed by atoms with Crippen LogP contribution in [0.3, 0.4) is 0 Å². The zero-order chi connectivity index (χ0) is 24.7. The number of carboxylic acid groups (broad SMARTS) is 1. The summed E-state index contributed by atoms with van der Waals surface area (Å²) in [6.45, 7) is 2.86. The van der Waals surface area contributed by atoms with E-state index in [0.29, 0.717) is 4.68 Å². The molecule has 0 spiro atoms. The molecule has 0 aliphatic heterocycles. The Balaban J connectivity index is 2.42. The fourth-order valence-electron chi connectivity index (χ4n) is 3.47.